The highest BCUT2D eigenvalue weighted by atomic mass is 19.1. The van der Waals surface area contributed by atoms with Crippen molar-refractivity contribution in [3.8, 4) is 0 Å². The molecule has 3 unspecified atom stereocenters. The SMILES string of the molecule is Cc1cc(C2CC2)ncc1N1CC2(CC(N(C)C)C2c2ccccc2)N(CC2(F)COC2)C1=O. The number of anilines is 1. The minimum Gasteiger partial charge on any atom is -0.374 e. The second-order valence-electron chi connectivity index (χ2n) is 11.0. The molecule has 1 aromatic heterocycles. The standard InChI is InChI=1S/C27H33FN4O2/c1-18-11-21(19-9-10-19)29-13-23(18)31-15-27(32(25(31)33)14-26(28)16-34-17-26)12-22(30(2)3)24(27)20-7-5-4-6-8-20/h4-8,11,13,19,22,24H,9-10,12,14-17H2,1-3H3. The Morgan fingerprint density at radius 2 is 1.94 bits per heavy atom. The summed E-state index contributed by atoms with van der Waals surface area (Å²) < 4.78 is 20.6. The Morgan fingerprint density at radius 3 is 2.53 bits per heavy atom. The van der Waals surface area contributed by atoms with Crippen LogP contribution in [0.5, 0.6) is 0 Å². The maximum atomic E-state index is 15.4. The largest absolute Gasteiger partial charge is 0.374 e. The lowest BCUT2D eigenvalue weighted by Gasteiger charge is -2.59. The Kier molecular flexibility index (Phi) is 5.01. The molecule has 7 heteroatoms. The van der Waals surface area contributed by atoms with Crippen LogP contribution in [0.4, 0.5) is 14.9 Å². The first-order valence-electron chi connectivity index (χ1n) is 12.4. The summed E-state index contributed by atoms with van der Waals surface area (Å²) in [5.41, 5.74) is 2.27. The Bertz CT molecular complexity index is 1100. The molecule has 0 bridgehead atoms. The van der Waals surface area contributed by atoms with E-state index in [0.717, 1.165) is 23.4 Å². The number of pyridine rings is 1. The smallest absolute Gasteiger partial charge is 0.325 e. The van der Waals surface area contributed by atoms with Crippen molar-refractivity contribution in [1.82, 2.24) is 14.8 Å². The van der Waals surface area contributed by atoms with Crippen LogP contribution in [0.3, 0.4) is 0 Å². The Morgan fingerprint density at radius 1 is 1.21 bits per heavy atom. The summed E-state index contributed by atoms with van der Waals surface area (Å²) in [5, 5.41) is 0. The molecule has 4 fully saturated rings. The third kappa shape index (κ3) is 3.35. The first kappa shape index (κ1) is 22.0. The van der Waals surface area contributed by atoms with Crippen LogP contribution in [-0.2, 0) is 4.74 Å². The maximum Gasteiger partial charge on any atom is 0.325 e. The molecule has 34 heavy (non-hydrogen) atoms. The highest BCUT2D eigenvalue weighted by Crippen LogP contribution is 2.56. The van der Waals surface area contributed by atoms with Gasteiger partial charge in [-0.15, -0.1) is 0 Å². The zero-order valence-corrected chi connectivity index (χ0v) is 20.2. The number of alkyl halides is 1. The number of aromatic nitrogens is 1. The third-order valence-corrected chi connectivity index (χ3v) is 8.33. The zero-order chi connectivity index (χ0) is 23.7. The van der Waals surface area contributed by atoms with E-state index in [9.17, 15) is 4.79 Å². The van der Waals surface area contributed by atoms with Crippen LogP contribution in [-0.4, -0.2) is 78.5 Å². The van der Waals surface area contributed by atoms with Gasteiger partial charge in [-0.25, -0.2) is 9.18 Å². The predicted octanol–water partition coefficient (Wildman–Crippen LogP) is 4.10. The molecule has 180 valence electrons. The highest BCUT2D eigenvalue weighted by molar-refractivity contribution is 5.96. The van der Waals surface area contributed by atoms with Gasteiger partial charge in [0, 0.05) is 23.6 Å². The first-order valence-corrected chi connectivity index (χ1v) is 12.4. The molecule has 2 saturated heterocycles. The van der Waals surface area contributed by atoms with Gasteiger partial charge in [-0.1, -0.05) is 30.3 Å². The van der Waals surface area contributed by atoms with Gasteiger partial charge in [0.25, 0.3) is 0 Å². The lowest BCUT2D eigenvalue weighted by molar-refractivity contribution is -0.150. The van der Waals surface area contributed by atoms with Crippen molar-refractivity contribution in [2.45, 2.75) is 55.3 Å². The maximum absolute atomic E-state index is 15.4. The van der Waals surface area contributed by atoms with E-state index in [4.69, 9.17) is 9.72 Å². The van der Waals surface area contributed by atoms with Crippen molar-refractivity contribution in [3.63, 3.8) is 0 Å². The molecule has 1 aromatic carbocycles. The van der Waals surface area contributed by atoms with E-state index in [2.05, 4.69) is 44.1 Å². The number of nitrogens with zero attached hydrogens (tertiary/aromatic N) is 4. The summed E-state index contributed by atoms with van der Waals surface area (Å²) in [6, 6.07) is 12.7. The summed E-state index contributed by atoms with van der Waals surface area (Å²) in [5.74, 6) is 0.658. The first-order chi connectivity index (χ1) is 16.3. The molecule has 2 saturated carbocycles. The van der Waals surface area contributed by atoms with Crippen LogP contribution in [0.2, 0.25) is 0 Å². The average Bonchev–Trinajstić information content (AvgIpc) is 3.58. The topological polar surface area (TPSA) is 48.9 Å². The monoisotopic (exact) mass is 464 g/mol. The number of likely N-dealkylation sites (N-methyl/N-ethyl adjacent to an activating group) is 1. The average molecular weight is 465 g/mol. The number of halogens is 1. The summed E-state index contributed by atoms with van der Waals surface area (Å²) in [6.07, 6.45) is 5.05. The summed E-state index contributed by atoms with van der Waals surface area (Å²) >= 11 is 0. The number of ether oxygens (including phenoxy) is 1. The molecule has 2 aliphatic heterocycles. The summed E-state index contributed by atoms with van der Waals surface area (Å²) in [4.78, 5) is 24.6. The number of rotatable bonds is 6. The van der Waals surface area contributed by atoms with Crippen molar-refractivity contribution >= 4 is 11.7 Å². The third-order valence-electron chi connectivity index (χ3n) is 8.33. The van der Waals surface area contributed by atoms with E-state index in [1.54, 1.807) is 0 Å². The molecule has 4 aliphatic rings. The highest BCUT2D eigenvalue weighted by Gasteiger charge is 2.66. The van der Waals surface area contributed by atoms with Crippen molar-refractivity contribution in [2.24, 2.45) is 0 Å². The quantitative estimate of drug-likeness (QED) is 0.646. The van der Waals surface area contributed by atoms with E-state index in [-0.39, 0.29) is 37.7 Å². The van der Waals surface area contributed by atoms with Gasteiger partial charge in [-0.3, -0.25) is 9.88 Å². The molecule has 1 spiro atoms. The zero-order valence-electron chi connectivity index (χ0n) is 20.2. The molecule has 2 aliphatic carbocycles. The lowest BCUT2D eigenvalue weighted by atomic mass is 9.59. The van der Waals surface area contributed by atoms with Crippen molar-refractivity contribution in [2.75, 3.05) is 45.3 Å². The Hall–Kier alpha value is -2.51. The number of hydrogen-bond acceptors (Lipinski definition) is 4. The number of amides is 2. The number of urea groups is 1. The molecule has 0 radical (unpaired) electrons. The molecule has 6 nitrogen and oxygen atoms in total. The fourth-order valence-electron chi connectivity index (χ4n) is 6.25. The van der Waals surface area contributed by atoms with E-state index in [0.29, 0.717) is 12.5 Å². The van der Waals surface area contributed by atoms with Gasteiger partial charge in [0.15, 0.2) is 5.67 Å². The van der Waals surface area contributed by atoms with Gasteiger partial charge in [-0.05, 0) is 57.5 Å². The van der Waals surface area contributed by atoms with E-state index < -0.39 is 11.2 Å². The lowest BCUT2D eigenvalue weighted by Crippen LogP contribution is -2.70. The summed E-state index contributed by atoms with van der Waals surface area (Å²) in [7, 11) is 4.18. The van der Waals surface area contributed by atoms with Crippen LogP contribution in [0, 0.1) is 6.92 Å². The number of carbonyl (C=O) groups excluding carboxylic acids is 1. The van der Waals surface area contributed by atoms with Crippen LogP contribution in [0.25, 0.3) is 0 Å². The van der Waals surface area contributed by atoms with Gasteiger partial charge in [0.1, 0.15) is 0 Å². The minimum absolute atomic E-state index is 0.0522. The number of hydrogen-bond donors (Lipinski definition) is 0. The second kappa shape index (κ2) is 7.75. The van der Waals surface area contributed by atoms with Crippen molar-refractivity contribution < 1.29 is 13.9 Å². The number of benzene rings is 1. The molecule has 3 heterocycles. The minimum atomic E-state index is -1.48. The van der Waals surface area contributed by atoms with Gasteiger partial charge in [-0.2, -0.15) is 0 Å². The van der Waals surface area contributed by atoms with Gasteiger partial charge in [0.05, 0.1) is 43.7 Å². The molecular formula is C27H33FN4O2. The second-order valence-corrected chi connectivity index (χ2v) is 11.0. The molecular weight excluding hydrogens is 431 g/mol. The molecule has 0 N–H and O–H groups in total. The Labute approximate surface area is 200 Å². The normalized spacial score (nSPS) is 30.1. The van der Waals surface area contributed by atoms with Crippen molar-refractivity contribution in [1.29, 1.82) is 0 Å². The fraction of sp³-hybridized carbons (Fsp3) is 0.556. The summed E-state index contributed by atoms with van der Waals surface area (Å²) in [6.45, 7) is 2.77. The molecule has 3 atom stereocenters. The molecule has 2 aromatic rings. The van der Waals surface area contributed by atoms with Crippen molar-refractivity contribution in [3.05, 3.63) is 59.4 Å². The van der Waals surface area contributed by atoms with Gasteiger partial charge in [0.2, 0.25) is 0 Å². The van der Waals surface area contributed by atoms with Gasteiger partial charge < -0.3 is 14.5 Å². The predicted molar refractivity (Wildman–Crippen MR) is 129 cm³/mol. The van der Waals surface area contributed by atoms with Gasteiger partial charge >= 0.3 is 6.03 Å². The van der Waals surface area contributed by atoms with E-state index in [1.807, 2.05) is 34.2 Å². The fourth-order valence-corrected chi connectivity index (χ4v) is 6.25. The van der Waals surface area contributed by atoms with Crippen LogP contribution in [0.1, 0.15) is 47.9 Å². The number of carbonyl (C=O) groups is 1. The van der Waals surface area contributed by atoms with E-state index >= 15 is 4.39 Å². The van der Waals surface area contributed by atoms with Crippen LogP contribution < -0.4 is 4.90 Å². The Balaban J connectivity index is 1.40. The molecule has 2 amide bonds. The van der Waals surface area contributed by atoms with E-state index in [1.165, 1.54) is 18.4 Å². The van der Waals surface area contributed by atoms with Crippen LogP contribution in [0.15, 0.2) is 42.6 Å². The number of aryl methyl sites for hydroxylation is 1. The van der Waals surface area contributed by atoms with Crippen LogP contribution >= 0.6 is 0 Å². The molecule has 6 rings (SSSR count).